The molecule has 1 aliphatic rings. The number of hydrogen-bond donors (Lipinski definition) is 0. The van der Waals surface area contributed by atoms with Gasteiger partial charge < -0.3 is 0 Å². The highest BCUT2D eigenvalue weighted by atomic mass is 32.2. The van der Waals surface area contributed by atoms with Crippen LogP contribution in [0.2, 0.25) is 0 Å². The molecule has 1 atom stereocenters. The van der Waals surface area contributed by atoms with Gasteiger partial charge in [0.05, 0.1) is 22.6 Å². The summed E-state index contributed by atoms with van der Waals surface area (Å²) in [5, 5.41) is 17.7. The zero-order valence-corrected chi connectivity index (χ0v) is 10.4. The average Bonchev–Trinajstić information content (AvgIpc) is 2.88. The van der Waals surface area contributed by atoms with E-state index in [0.717, 1.165) is 0 Å². The third kappa shape index (κ3) is 2.08. The summed E-state index contributed by atoms with van der Waals surface area (Å²) in [6.45, 7) is 0.358. The van der Waals surface area contributed by atoms with Crippen LogP contribution in [0.25, 0.3) is 0 Å². The largest absolute Gasteiger partial charge is 0.244 e. The van der Waals surface area contributed by atoms with Gasteiger partial charge >= 0.3 is 0 Å². The van der Waals surface area contributed by atoms with E-state index in [0.29, 0.717) is 24.9 Å². The zero-order valence-electron chi connectivity index (χ0n) is 9.57. The lowest BCUT2D eigenvalue weighted by Crippen LogP contribution is -2.34. The van der Waals surface area contributed by atoms with Crippen LogP contribution in [0.15, 0.2) is 29.2 Å². The molecule has 92 valence electrons. The highest BCUT2D eigenvalue weighted by molar-refractivity contribution is 7.89. The van der Waals surface area contributed by atoms with Crippen molar-refractivity contribution in [2.45, 2.75) is 23.8 Å². The summed E-state index contributed by atoms with van der Waals surface area (Å²) in [4.78, 5) is 0.0729. The molecular weight excluding hydrogens is 250 g/mol. The first-order chi connectivity index (χ1) is 8.59. The summed E-state index contributed by atoms with van der Waals surface area (Å²) < 4.78 is 25.9. The number of nitrogens with zero attached hydrogens (tertiary/aromatic N) is 3. The third-order valence-electron chi connectivity index (χ3n) is 2.92. The summed E-state index contributed by atoms with van der Waals surface area (Å²) in [5.74, 6) is 0. The second-order valence-corrected chi connectivity index (χ2v) is 5.93. The van der Waals surface area contributed by atoms with E-state index in [2.05, 4.69) is 0 Å². The molecule has 0 N–H and O–H groups in total. The van der Waals surface area contributed by atoms with Crippen molar-refractivity contribution in [2.75, 3.05) is 6.54 Å². The Morgan fingerprint density at radius 3 is 2.78 bits per heavy atom. The fraction of sp³-hybridized carbons (Fsp3) is 0.333. The van der Waals surface area contributed by atoms with Crippen LogP contribution in [0.4, 0.5) is 0 Å². The lowest BCUT2D eigenvalue weighted by molar-refractivity contribution is 0.437. The molecule has 0 bridgehead atoms. The first kappa shape index (κ1) is 12.6. The van der Waals surface area contributed by atoms with Crippen LogP contribution in [-0.4, -0.2) is 25.3 Å². The molecule has 1 aliphatic heterocycles. The molecule has 6 heteroatoms. The Balaban J connectivity index is 2.43. The van der Waals surface area contributed by atoms with Gasteiger partial charge in [0.25, 0.3) is 0 Å². The van der Waals surface area contributed by atoms with E-state index >= 15 is 0 Å². The molecule has 0 radical (unpaired) electrons. The van der Waals surface area contributed by atoms with E-state index in [-0.39, 0.29) is 4.90 Å². The highest BCUT2D eigenvalue weighted by Crippen LogP contribution is 2.25. The zero-order chi connectivity index (χ0) is 13.2. The van der Waals surface area contributed by atoms with Gasteiger partial charge in [0, 0.05) is 6.54 Å². The molecule has 0 amide bonds. The third-order valence-corrected chi connectivity index (χ3v) is 4.83. The van der Waals surface area contributed by atoms with Crippen molar-refractivity contribution in [1.29, 1.82) is 10.5 Å². The Kier molecular flexibility index (Phi) is 3.33. The molecule has 1 aromatic carbocycles. The Morgan fingerprint density at radius 1 is 1.33 bits per heavy atom. The van der Waals surface area contributed by atoms with Crippen LogP contribution in [-0.2, 0) is 10.0 Å². The Labute approximate surface area is 106 Å². The van der Waals surface area contributed by atoms with Gasteiger partial charge in [-0.15, -0.1) is 0 Å². The Hall–Kier alpha value is -1.89. The van der Waals surface area contributed by atoms with Gasteiger partial charge in [-0.1, -0.05) is 6.07 Å². The monoisotopic (exact) mass is 261 g/mol. The number of rotatable bonds is 2. The van der Waals surface area contributed by atoms with Crippen LogP contribution in [0.1, 0.15) is 18.4 Å². The minimum Gasteiger partial charge on any atom is -0.207 e. The highest BCUT2D eigenvalue weighted by Gasteiger charge is 2.35. The van der Waals surface area contributed by atoms with Gasteiger partial charge in [0.15, 0.2) is 0 Å². The van der Waals surface area contributed by atoms with Crippen LogP contribution < -0.4 is 0 Å². The molecule has 18 heavy (non-hydrogen) atoms. The van der Waals surface area contributed by atoms with Crippen molar-refractivity contribution < 1.29 is 8.42 Å². The van der Waals surface area contributed by atoms with E-state index in [9.17, 15) is 8.42 Å². The van der Waals surface area contributed by atoms with E-state index in [1.165, 1.54) is 22.5 Å². The molecule has 0 spiro atoms. The summed E-state index contributed by atoms with van der Waals surface area (Å²) in [6.07, 6.45) is 1.25. The van der Waals surface area contributed by atoms with Gasteiger partial charge in [-0.3, -0.25) is 0 Å². The lowest BCUT2D eigenvalue weighted by atomic mass is 10.2. The summed E-state index contributed by atoms with van der Waals surface area (Å²) in [5.41, 5.74) is 0.295. The Bertz CT molecular complexity index is 640. The van der Waals surface area contributed by atoms with Crippen LogP contribution in [0.3, 0.4) is 0 Å². The van der Waals surface area contributed by atoms with Crippen molar-refractivity contribution in [3.8, 4) is 12.1 Å². The summed E-state index contributed by atoms with van der Waals surface area (Å²) in [7, 11) is -3.67. The van der Waals surface area contributed by atoms with Gasteiger partial charge in [0.1, 0.15) is 6.04 Å². The molecule has 1 aromatic rings. The number of sulfonamides is 1. The summed E-state index contributed by atoms with van der Waals surface area (Å²) in [6, 6.07) is 9.17. The van der Waals surface area contributed by atoms with Gasteiger partial charge in [-0.2, -0.15) is 14.8 Å². The van der Waals surface area contributed by atoms with E-state index < -0.39 is 16.1 Å². The van der Waals surface area contributed by atoms with E-state index in [1.807, 2.05) is 12.1 Å². The van der Waals surface area contributed by atoms with Crippen molar-refractivity contribution in [1.82, 2.24) is 4.31 Å². The van der Waals surface area contributed by atoms with Crippen molar-refractivity contribution in [3.63, 3.8) is 0 Å². The standard InChI is InChI=1S/C12H11N3O2S/c13-8-10-3-1-5-12(7-10)18(16,17)15-6-2-4-11(15)9-14/h1,3,5,7,11H,2,4,6H2. The molecule has 0 aromatic heterocycles. The molecule has 1 unspecified atom stereocenters. The van der Waals surface area contributed by atoms with Crippen molar-refractivity contribution in [2.24, 2.45) is 0 Å². The number of nitriles is 2. The molecule has 0 aliphatic carbocycles. The first-order valence-electron chi connectivity index (χ1n) is 5.51. The summed E-state index contributed by atoms with van der Waals surface area (Å²) >= 11 is 0. The molecule has 5 nitrogen and oxygen atoms in total. The smallest absolute Gasteiger partial charge is 0.207 e. The minimum atomic E-state index is -3.67. The quantitative estimate of drug-likeness (QED) is 0.801. The fourth-order valence-electron chi connectivity index (χ4n) is 2.02. The molecule has 2 rings (SSSR count). The maximum atomic E-state index is 12.3. The number of benzene rings is 1. The average molecular weight is 261 g/mol. The van der Waals surface area contributed by atoms with Crippen molar-refractivity contribution >= 4 is 10.0 Å². The second kappa shape index (κ2) is 4.77. The molecular formula is C12H11N3O2S. The predicted molar refractivity (Wildman–Crippen MR) is 63.7 cm³/mol. The molecule has 1 fully saturated rings. The molecule has 1 saturated heterocycles. The second-order valence-electron chi connectivity index (χ2n) is 4.04. The van der Waals surface area contributed by atoms with Gasteiger partial charge in [-0.05, 0) is 31.0 Å². The van der Waals surface area contributed by atoms with Crippen molar-refractivity contribution in [3.05, 3.63) is 29.8 Å². The lowest BCUT2D eigenvalue weighted by Gasteiger charge is -2.19. The number of hydrogen-bond acceptors (Lipinski definition) is 4. The minimum absolute atomic E-state index is 0.0729. The maximum Gasteiger partial charge on any atom is 0.244 e. The van der Waals surface area contributed by atoms with Crippen LogP contribution in [0, 0.1) is 22.7 Å². The molecule has 1 heterocycles. The van der Waals surface area contributed by atoms with E-state index in [4.69, 9.17) is 10.5 Å². The van der Waals surface area contributed by atoms with E-state index in [1.54, 1.807) is 6.07 Å². The Morgan fingerprint density at radius 2 is 2.11 bits per heavy atom. The normalized spacial score (nSPS) is 20.2. The maximum absolute atomic E-state index is 12.3. The van der Waals surface area contributed by atoms with Gasteiger partial charge in [0.2, 0.25) is 10.0 Å². The van der Waals surface area contributed by atoms with Crippen LogP contribution >= 0.6 is 0 Å². The molecule has 0 saturated carbocycles. The first-order valence-corrected chi connectivity index (χ1v) is 6.95. The topological polar surface area (TPSA) is 85.0 Å². The predicted octanol–water partition coefficient (Wildman–Crippen LogP) is 1.23. The SMILES string of the molecule is N#Cc1cccc(S(=O)(=O)N2CCCC2C#N)c1. The fourth-order valence-corrected chi connectivity index (χ4v) is 3.67. The van der Waals surface area contributed by atoms with Crippen LogP contribution in [0.5, 0.6) is 0 Å². The van der Waals surface area contributed by atoms with Gasteiger partial charge in [-0.25, -0.2) is 8.42 Å².